The Morgan fingerprint density at radius 2 is 1.67 bits per heavy atom. The number of methoxy groups -OCH3 is 1. The van der Waals surface area contributed by atoms with Crippen molar-refractivity contribution in [2.75, 3.05) is 34.1 Å². The van der Waals surface area contributed by atoms with Crippen LogP contribution in [0.2, 0.25) is 0 Å². The summed E-state index contributed by atoms with van der Waals surface area (Å²) in [6.07, 6.45) is -8.17. The number of carbonyl (C=O) groups is 2. The molecular weight excluding hydrogens is 650 g/mol. The fourth-order valence-corrected chi connectivity index (χ4v) is 4.61. The highest BCUT2D eigenvalue weighted by atomic mass is 16.7. The molecule has 5 atom stereocenters. The number of rotatable bonds is 14. The SMILES string of the molecule is CN=C(N)NCOc1cc(C(=O)O)ccc1O[C@@H]1O[C@H](COC(=O)c2cc(OC)c(O)c(OCCc3ccccc3)c2O)[C@@H](O)[C@H](O)[C@H]1O. The first-order chi connectivity index (χ1) is 23.4. The molecule has 17 heteroatoms. The normalized spacial score (nSPS) is 20.6. The topological polar surface area (TPSA) is 261 Å². The summed E-state index contributed by atoms with van der Waals surface area (Å²) in [7, 11) is 2.66. The maximum atomic E-state index is 13.1. The minimum Gasteiger partial charge on any atom is -0.504 e. The van der Waals surface area contributed by atoms with Gasteiger partial charge in [0.1, 0.15) is 36.6 Å². The number of hydrogen-bond acceptors (Lipinski definition) is 14. The lowest BCUT2D eigenvalue weighted by atomic mass is 9.99. The van der Waals surface area contributed by atoms with E-state index in [1.807, 2.05) is 30.3 Å². The van der Waals surface area contributed by atoms with Gasteiger partial charge in [-0.2, -0.15) is 0 Å². The maximum absolute atomic E-state index is 13.1. The van der Waals surface area contributed by atoms with Gasteiger partial charge in [-0.05, 0) is 23.8 Å². The minimum atomic E-state index is -1.85. The molecule has 0 aliphatic carbocycles. The number of carboxylic acids is 1. The number of aliphatic hydroxyl groups is 3. The van der Waals surface area contributed by atoms with Gasteiger partial charge in [0.05, 0.1) is 19.3 Å². The van der Waals surface area contributed by atoms with Crippen LogP contribution in [-0.2, 0) is 15.9 Å². The number of aliphatic hydroxyl groups excluding tert-OH is 3. The highest BCUT2D eigenvalue weighted by molar-refractivity contribution is 5.95. The fourth-order valence-electron chi connectivity index (χ4n) is 4.61. The number of benzene rings is 3. The number of carboxylic acid groups (broad SMARTS) is 1. The molecule has 1 aliphatic rings. The standard InChI is InChI=1S/C32H37N3O14/c1-34-32(33)35-15-47-20-12-17(29(41)42)8-9-19(20)48-31-27(40)26(39)24(37)22(49-31)14-46-30(43)18-13-21(44-2)25(38)28(23(18)36)45-11-10-16-6-4-3-5-7-16/h3-9,12-13,22,24,26-27,31,36-40H,10-11,14-15H2,1-2H3,(H,41,42)(H3,33,34,35)/t22-,24-,26+,27-,31-/m1/s1. The second kappa shape index (κ2) is 16.6. The van der Waals surface area contributed by atoms with Crippen molar-refractivity contribution in [3.05, 3.63) is 71.3 Å². The highest BCUT2D eigenvalue weighted by Gasteiger charge is 2.46. The number of esters is 1. The Balaban J connectivity index is 1.47. The average molecular weight is 688 g/mol. The van der Waals surface area contributed by atoms with Crippen LogP contribution in [0, 0.1) is 0 Å². The third-order valence-electron chi connectivity index (χ3n) is 7.32. The molecule has 0 amide bonds. The van der Waals surface area contributed by atoms with Crippen molar-refractivity contribution in [3.63, 3.8) is 0 Å². The summed E-state index contributed by atoms with van der Waals surface area (Å²) < 4.78 is 32.9. The molecule has 0 radical (unpaired) electrons. The fraction of sp³-hybridized carbons (Fsp3) is 0.344. The van der Waals surface area contributed by atoms with Crippen LogP contribution in [0.5, 0.6) is 34.5 Å². The van der Waals surface area contributed by atoms with Crippen LogP contribution in [0.4, 0.5) is 0 Å². The van der Waals surface area contributed by atoms with Crippen LogP contribution in [0.1, 0.15) is 26.3 Å². The number of phenolic OH excluding ortho intramolecular Hbond substituents is 2. The molecule has 1 saturated heterocycles. The number of aromatic hydroxyl groups is 2. The van der Waals surface area contributed by atoms with Crippen molar-refractivity contribution < 1.29 is 68.6 Å². The molecular formula is C32H37N3O14. The van der Waals surface area contributed by atoms with Crippen molar-refractivity contribution in [2.45, 2.75) is 37.1 Å². The number of hydrogen-bond donors (Lipinski definition) is 8. The summed E-state index contributed by atoms with van der Waals surface area (Å²) in [5.74, 6) is -4.53. The minimum absolute atomic E-state index is 0.0276. The van der Waals surface area contributed by atoms with E-state index in [0.29, 0.717) is 6.42 Å². The van der Waals surface area contributed by atoms with E-state index in [2.05, 4.69) is 10.3 Å². The Kier molecular flexibility index (Phi) is 12.3. The van der Waals surface area contributed by atoms with Gasteiger partial charge in [-0.15, -0.1) is 0 Å². The molecule has 9 N–H and O–H groups in total. The number of aromatic carboxylic acids is 1. The van der Waals surface area contributed by atoms with Crippen molar-refractivity contribution >= 4 is 17.9 Å². The molecule has 1 heterocycles. The van der Waals surface area contributed by atoms with Gasteiger partial charge in [-0.25, -0.2) is 9.59 Å². The Bertz CT molecular complexity index is 1640. The monoisotopic (exact) mass is 687 g/mol. The zero-order chi connectivity index (χ0) is 35.7. The van der Waals surface area contributed by atoms with Crippen molar-refractivity contribution in [1.29, 1.82) is 0 Å². The molecule has 264 valence electrons. The number of guanidine groups is 1. The molecule has 17 nitrogen and oxygen atoms in total. The predicted molar refractivity (Wildman–Crippen MR) is 169 cm³/mol. The van der Waals surface area contributed by atoms with E-state index < -0.39 is 72.1 Å². The molecule has 1 aliphatic heterocycles. The second-order valence-corrected chi connectivity index (χ2v) is 10.5. The van der Waals surface area contributed by atoms with Gasteiger partial charge < -0.3 is 70.1 Å². The lowest BCUT2D eigenvalue weighted by Crippen LogP contribution is -2.60. The Hall–Kier alpha value is -5.49. The Labute approximate surface area is 279 Å². The second-order valence-electron chi connectivity index (χ2n) is 10.5. The molecule has 4 rings (SSSR count). The highest BCUT2D eigenvalue weighted by Crippen LogP contribution is 2.46. The van der Waals surface area contributed by atoms with E-state index in [1.165, 1.54) is 26.3 Å². The molecule has 0 spiro atoms. The van der Waals surface area contributed by atoms with Crippen LogP contribution in [0.3, 0.4) is 0 Å². The summed E-state index contributed by atoms with van der Waals surface area (Å²) in [5, 5.41) is 65.2. The van der Waals surface area contributed by atoms with Crippen LogP contribution < -0.4 is 30.0 Å². The number of carbonyl (C=O) groups excluding carboxylic acids is 1. The average Bonchev–Trinajstić information content (AvgIpc) is 3.10. The first kappa shape index (κ1) is 36.3. The van der Waals surface area contributed by atoms with Gasteiger partial charge in [0.2, 0.25) is 17.8 Å². The van der Waals surface area contributed by atoms with Gasteiger partial charge in [0, 0.05) is 19.5 Å². The number of ether oxygens (including phenoxy) is 6. The van der Waals surface area contributed by atoms with E-state index >= 15 is 0 Å². The quantitative estimate of drug-likeness (QED) is 0.0492. The lowest BCUT2D eigenvalue weighted by molar-refractivity contribution is -0.277. The number of nitrogens with zero attached hydrogens (tertiary/aromatic N) is 1. The first-order valence-electron chi connectivity index (χ1n) is 14.7. The predicted octanol–water partition coefficient (Wildman–Crippen LogP) is 0.340. The zero-order valence-corrected chi connectivity index (χ0v) is 26.4. The Morgan fingerprint density at radius 1 is 0.939 bits per heavy atom. The third kappa shape index (κ3) is 8.90. The number of nitrogens with two attached hydrogens (primary N) is 1. The molecule has 0 bridgehead atoms. The van der Waals surface area contributed by atoms with Crippen molar-refractivity contribution in [1.82, 2.24) is 5.32 Å². The summed E-state index contributed by atoms with van der Waals surface area (Å²) in [5.41, 5.74) is 5.89. The summed E-state index contributed by atoms with van der Waals surface area (Å²) >= 11 is 0. The Morgan fingerprint density at radius 3 is 2.35 bits per heavy atom. The van der Waals surface area contributed by atoms with E-state index in [0.717, 1.165) is 17.7 Å². The summed E-state index contributed by atoms with van der Waals surface area (Å²) in [4.78, 5) is 28.3. The maximum Gasteiger partial charge on any atom is 0.342 e. The lowest BCUT2D eigenvalue weighted by Gasteiger charge is -2.40. The van der Waals surface area contributed by atoms with Crippen LogP contribution in [0.25, 0.3) is 0 Å². The first-order valence-corrected chi connectivity index (χ1v) is 14.7. The number of phenols is 2. The van der Waals surface area contributed by atoms with Crippen LogP contribution in [-0.4, -0.2) is 113 Å². The summed E-state index contributed by atoms with van der Waals surface area (Å²) in [6, 6.07) is 13.8. The largest absolute Gasteiger partial charge is 0.504 e. The zero-order valence-electron chi connectivity index (χ0n) is 26.4. The van der Waals surface area contributed by atoms with Gasteiger partial charge in [-0.3, -0.25) is 4.99 Å². The van der Waals surface area contributed by atoms with Crippen molar-refractivity contribution in [3.8, 4) is 34.5 Å². The molecule has 3 aromatic rings. The van der Waals surface area contributed by atoms with Gasteiger partial charge in [-0.1, -0.05) is 30.3 Å². The van der Waals surface area contributed by atoms with Crippen LogP contribution in [0.15, 0.2) is 59.6 Å². The van der Waals surface area contributed by atoms with E-state index in [-0.39, 0.29) is 42.1 Å². The van der Waals surface area contributed by atoms with Gasteiger partial charge >= 0.3 is 11.9 Å². The summed E-state index contributed by atoms with van der Waals surface area (Å²) in [6.45, 7) is -0.942. The van der Waals surface area contributed by atoms with Gasteiger partial charge in [0.15, 0.2) is 35.7 Å². The van der Waals surface area contributed by atoms with Crippen molar-refractivity contribution in [2.24, 2.45) is 10.7 Å². The number of aliphatic imine (C=N–C) groups is 1. The molecule has 0 unspecified atom stereocenters. The molecule has 1 fully saturated rings. The molecule has 0 aromatic heterocycles. The molecule has 3 aromatic carbocycles. The number of nitrogens with one attached hydrogen (secondary N) is 1. The third-order valence-corrected chi connectivity index (χ3v) is 7.32. The molecule has 0 saturated carbocycles. The molecule has 49 heavy (non-hydrogen) atoms. The van der Waals surface area contributed by atoms with Gasteiger partial charge in [0.25, 0.3) is 0 Å². The van der Waals surface area contributed by atoms with E-state index in [1.54, 1.807) is 0 Å². The smallest absolute Gasteiger partial charge is 0.342 e. The van der Waals surface area contributed by atoms with Crippen LogP contribution >= 0.6 is 0 Å². The van der Waals surface area contributed by atoms with E-state index in [4.69, 9.17) is 34.2 Å². The van der Waals surface area contributed by atoms with E-state index in [9.17, 15) is 40.2 Å².